The molecule has 0 spiro atoms. The fourth-order valence-electron chi connectivity index (χ4n) is 1.72. The molecule has 0 saturated heterocycles. The molecule has 0 aliphatic rings. The van der Waals surface area contributed by atoms with Gasteiger partial charge in [-0.1, -0.05) is 47.7 Å². The van der Waals surface area contributed by atoms with Gasteiger partial charge in [-0.05, 0) is 37.6 Å². The summed E-state index contributed by atoms with van der Waals surface area (Å²) in [7, 11) is 0. The van der Waals surface area contributed by atoms with E-state index in [0.29, 0.717) is 0 Å². The number of aliphatic hydroxyl groups is 1. The van der Waals surface area contributed by atoms with Crippen molar-refractivity contribution in [2.45, 2.75) is 29.7 Å². The fraction of sp³-hybridized carbons (Fsp3) is 0.200. The Morgan fingerprint density at radius 3 is 2.53 bits per heavy atom. The van der Waals surface area contributed by atoms with Crippen molar-refractivity contribution in [1.29, 1.82) is 0 Å². The first-order chi connectivity index (χ1) is 8.16. The smallest absolute Gasteiger partial charge is 0.0772 e. The SMILES string of the molecule is Cc1cccc(Sc2ccccc2C(C)O)c1. The van der Waals surface area contributed by atoms with E-state index in [1.807, 2.05) is 18.2 Å². The molecule has 17 heavy (non-hydrogen) atoms. The maximum atomic E-state index is 9.72. The summed E-state index contributed by atoms with van der Waals surface area (Å²) in [5.41, 5.74) is 2.24. The highest BCUT2D eigenvalue weighted by Gasteiger charge is 2.08. The molecule has 0 radical (unpaired) electrons. The number of hydrogen-bond acceptors (Lipinski definition) is 2. The van der Waals surface area contributed by atoms with Gasteiger partial charge in [0.1, 0.15) is 0 Å². The third kappa shape index (κ3) is 3.11. The van der Waals surface area contributed by atoms with Gasteiger partial charge in [0.2, 0.25) is 0 Å². The van der Waals surface area contributed by atoms with Crippen molar-refractivity contribution < 1.29 is 5.11 Å². The number of rotatable bonds is 3. The Morgan fingerprint density at radius 2 is 1.82 bits per heavy atom. The van der Waals surface area contributed by atoms with E-state index in [1.165, 1.54) is 10.5 Å². The molecule has 0 saturated carbocycles. The Kier molecular flexibility index (Phi) is 3.87. The maximum absolute atomic E-state index is 9.72. The molecule has 2 aromatic carbocycles. The standard InChI is InChI=1S/C15H16OS/c1-11-6-5-7-13(10-11)17-15-9-4-3-8-14(15)12(2)16/h3-10,12,16H,1-2H3. The minimum Gasteiger partial charge on any atom is -0.389 e. The van der Waals surface area contributed by atoms with E-state index in [2.05, 4.69) is 37.3 Å². The lowest BCUT2D eigenvalue weighted by atomic mass is 10.1. The molecular formula is C15H16OS. The summed E-state index contributed by atoms with van der Waals surface area (Å²) in [5.74, 6) is 0. The summed E-state index contributed by atoms with van der Waals surface area (Å²) >= 11 is 1.70. The van der Waals surface area contributed by atoms with Crippen LogP contribution in [-0.4, -0.2) is 5.11 Å². The molecule has 1 nitrogen and oxygen atoms in total. The quantitative estimate of drug-likeness (QED) is 0.873. The van der Waals surface area contributed by atoms with E-state index in [1.54, 1.807) is 18.7 Å². The van der Waals surface area contributed by atoms with E-state index in [4.69, 9.17) is 0 Å². The van der Waals surface area contributed by atoms with Crippen molar-refractivity contribution in [3.8, 4) is 0 Å². The van der Waals surface area contributed by atoms with Crippen molar-refractivity contribution in [2.75, 3.05) is 0 Å². The van der Waals surface area contributed by atoms with Crippen LogP contribution in [-0.2, 0) is 0 Å². The van der Waals surface area contributed by atoms with E-state index < -0.39 is 6.10 Å². The highest BCUT2D eigenvalue weighted by molar-refractivity contribution is 7.99. The van der Waals surface area contributed by atoms with Crippen LogP contribution in [0.4, 0.5) is 0 Å². The molecule has 0 aromatic heterocycles. The zero-order valence-corrected chi connectivity index (χ0v) is 10.9. The normalized spacial score (nSPS) is 12.4. The average Bonchev–Trinajstić information content (AvgIpc) is 2.29. The minimum atomic E-state index is -0.427. The summed E-state index contributed by atoms with van der Waals surface area (Å²) in [6.07, 6.45) is -0.427. The van der Waals surface area contributed by atoms with Gasteiger partial charge in [0.25, 0.3) is 0 Å². The monoisotopic (exact) mass is 244 g/mol. The van der Waals surface area contributed by atoms with Gasteiger partial charge < -0.3 is 5.11 Å². The molecule has 0 fully saturated rings. The van der Waals surface area contributed by atoms with E-state index >= 15 is 0 Å². The van der Waals surface area contributed by atoms with Crippen molar-refractivity contribution in [1.82, 2.24) is 0 Å². The number of benzene rings is 2. The molecule has 1 N–H and O–H groups in total. The first kappa shape index (κ1) is 12.2. The third-order valence-electron chi connectivity index (χ3n) is 2.59. The summed E-state index contributed by atoms with van der Waals surface area (Å²) in [6.45, 7) is 3.89. The lowest BCUT2D eigenvalue weighted by Gasteiger charge is -2.11. The van der Waals surface area contributed by atoms with Gasteiger partial charge in [0, 0.05) is 9.79 Å². The molecule has 0 bridgehead atoms. The molecule has 2 heteroatoms. The van der Waals surface area contributed by atoms with Gasteiger partial charge in [0.15, 0.2) is 0 Å². The van der Waals surface area contributed by atoms with Gasteiger partial charge in [0.05, 0.1) is 6.10 Å². The first-order valence-corrected chi connectivity index (χ1v) is 6.50. The topological polar surface area (TPSA) is 20.2 Å². The third-order valence-corrected chi connectivity index (χ3v) is 3.67. The fourth-order valence-corrected chi connectivity index (χ4v) is 2.87. The predicted octanol–water partition coefficient (Wildman–Crippen LogP) is 4.20. The van der Waals surface area contributed by atoms with Crippen LogP contribution in [0.15, 0.2) is 58.3 Å². The second kappa shape index (κ2) is 5.39. The molecule has 0 heterocycles. The number of hydrogen-bond donors (Lipinski definition) is 1. The van der Waals surface area contributed by atoms with Gasteiger partial charge in [-0.2, -0.15) is 0 Å². The highest BCUT2D eigenvalue weighted by Crippen LogP contribution is 2.33. The average molecular weight is 244 g/mol. The Hall–Kier alpha value is -1.25. The highest BCUT2D eigenvalue weighted by atomic mass is 32.2. The van der Waals surface area contributed by atoms with Gasteiger partial charge in [-0.25, -0.2) is 0 Å². The van der Waals surface area contributed by atoms with Crippen LogP contribution in [0.1, 0.15) is 24.2 Å². The molecule has 2 rings (SSSR count). The van der Waals surface area contributed by atoms with Crippen molar-refractivity contribution in [3.05, 3.63) is 59.7 Å². The van der Waals surface area contributed by atoms with Gasteiger partial charge >= 0.3 is 0 Å². The molecule has 0 amide bonds. The second-order valence-corrected chi connectivity index (χ2v) is 5.25. The Labute approximate surface area is 107 Å². The van der Waals surface area contributed by atoms with Crippen LogP contribution in [0.2, 0.25) is 0 Å². The summed E-state index contributed by atoms with van der Waals surface area (Å²) in [6, 6.07) is 16.4. The van der Waals surface area contributed by atoms with Crippen molar-refractivity contribution in [2.24, 2.45) is 0 Å². The largest absolute Gasteiger partial charge is 0.389 e. The molecule has 1 unspecified atom stereocenters. The molecule has 2 aromatic rings. The van der Waals surface area contributed by atoms with Crippen LogP contribution in [0, 0.1) is 6.92 Å². The van der Waals surface area contributed by atoms with Gasteiger partial charge in [-0.15, -0.1) is 0 Å². The van der Waals surface area contributed by atoms with Crippen LogP contribution in [0.3, 0.4) is 0 Å². The Bertz CT molecular complexity index is 506. The van der Waals surface area contributed by atoms with E-state index in [0.717, 1.165) is 10.5 Å². The van der Waals surface area contributed by atoms with Crippen molar-refractivity contribution in [3.63, 3.8) is 0 Å². The lowest BCUT2D eigenvalue weighted by molar-refractivity contribution is 0.196. The molecule has 88 valence electrons. The van der Waals surface area contributed by atoms with Gasteiger partial charge in [-0.3, -0.25) is 0 Å². The predicted molar refractivity (Wildman–Crippen MR) is 72.4 cm³/mol. The summed E-state index contributed by atoms with van der Waals surface area (Å²) in [5, 5.41) is 9.72. The number of aryl methyl sites for hydroxylation is 1. The zero-order chi connectivity index (χ0) is 12.3. The lowest BCUT2D eigenvalue weighted by Crippen LogP contribution is -1.93. The Morgan fingerprint density at radius 1 is 1.06 bits per heavy atom. The summed E-state index contributed by atoms with van der Waals surface area (Å²) < 4.78 is 0. The van der Waals surface area contributed by atoms with E-state index in [-0.39, 0.29) is 0 Å². The van der Waals surface area contributed by atoms with E-state index in [9.17, 15) is 5.11 Å². The number of aliphatic hydroxyl groups excluding tert-OH is 1. The second-order valence-electron chi connectivity index (χ2n) is 4.13. The molecule has 1 atom stereocenters. The molecule has 0 aliphatic heterocycles. The minimum absolute atomic E-state index is 0.427. The van der Waals surface area contributed by atoms with Crippen molar-refractivity contribution >= 4 is 11.8 Å². The molecular weight excluding hydrogens is 228 g/mol. The van der Waals surface area contributed by atoms with Crippen LogP contribution in [0.25, 0.3) is 0 Å². The van der Waals surface area contributed by atoms with Crippen LogP contribution < -0.4 is 0 Å². The molecule has 0 aliphatic carbocycles. The zero-order valence-electron chi connectivity index (χ0n) is 10.1. The summed E-state index contributed by atoms with van der Waals surface area (Å²) in [4.78, 5) is 2.33. The first-order valence-electron chi connectivity index (χ1n) is 5.68. The maximum Gasteiger partial charge on any atom is 0.0772 e. The van der Waals surface area contributed by atoms with Crippen LogP contribution in [0.5, 0.6) is 0 Å². The van der Waals surface area contributed by atoms with Crippen LogP contribution >= 0.6 is 11.8 Å². The Balaban J connectivity index is 2.30.